The number of anilines is 2. The van der Waals surface area contributed by atoms with Crippen LogP contribution >= 0.6 is 23.2 Å². The molecule has 0 bridgehead atoms. The molecule has 44 heavy (non-hydrogen) atoms. The van der Waals surface area contributed by atoms with E-state index in [1.807, 2.05) is 36.0 Å². The number of ether oxygens (including phenoxy) is 1. The van der Waals surface area contributed by atoms with Crippen LogP contribution in [0.4, 0.5) is 16.2 Å². The summed E-state index contributed by atoms with van der Waals surface area (Å²) in [5.74, 6) is 1.03. The topological polar surface area (TPSA) is 133 Å². The molecule has 11 nitrogen and oxygen atoms in total. The average molecular weight is 643 g/mol. The van der Waals surface area contributed by atoms with Crippen LogP contribution in [0, 0.1) is 0 Å². The second-order valence-electron chi connectivity index (χ2n) is 11.1. The van der Waals surface area contributed by atoms with Gasteiger partial charge in [-0.05, 0) is 69.3 Å². The van der Waals surface area contributed by atoms with Crippen molar-refractivity contribution in [2.24, 2.45) is 7.05 Å². The number of benzene rings is 2. The van der Waals surface area contributed by atoms with E-state index in [4.69, 9.17) is 27.9 Å². The summed E-state index contributed by atoms with van der Waals surface area (Å²) in [6.07, 6.45) is 1.27. The molecule has 0 saturated carbocycles. The number of rotatable bonds is 12. The molecule has 234 valence electrons. The highest BCUT2D eigenvalue weighted by Gasteiger charge is 2.17. The summed E-state index contributed by atoms with van der Waals surface area (Å²) in [7, 11) is 1.86. The molecule has 3 amide bonds. The van der Waals surface area contributed by atoms with Gasteiger partial charge in [-0.1, -0.05) is 0 Å². The SMILES string of the molecule is Cn1cc(NC(=O)c2ccc(N(CCCl)CCCl)cc2)cc1-c1nc2ccc(C(=O)NCCNC(=O)OC(C)(C)C)cc2[nH]1. The zero-order valence-corrected chi connectivity index (χ0v) is 26.7. The minimum Gasteiger partial charge on any atom is -0.444 e. The Balaban J connectivity index is 1.38. The van der Waals surface area contributed by atoms with Crippen LogP contribution in [0.3, 0.4) is 0 Å². The van der Waals surface area contributed by atoms with Crippen LogP contribution in [0.1, 0.15) is 41.5 Å². The Hall–Kier alpha value is -4.22. The number of aromatic amines is 1. The lowest BCUT2D eigenvalue weighted by Crippen LogP contribution is -2.37. The summed E-state index contributed by atoms with van der Waals surface area (Å²) >= 11 is 11.8. The molecule has 4 aromatic rings. The number of carbonyl (C=O) groups is 3. The van der Waals surface area contributed by atoms with Gasteiger partial charge in [-0.3, -0.25) is 9.59 Å². The molecule has 0 aliphatic carbocycles. The maximum Gasteiger partial charge on any atom is 0.407 e. The first kappa shape index (κ1) is 32.7. The molecular formula is C31H37Cl2N7O4. The van der Waals surface area contributed by atoms with E-state index in [2.05, 4.69) is 30.8 Å². The minimum absolute atomic E-state index is 0.233. The molecular weight excluding hydrogens is 605 g/mol. The molecule has 13 heteroatoms. The van der Waals surface area contributed by atoms with E-state index in [1.165, 1.54) is 0 Å². The van der Waals surface area contributed by atoms with Crippen molar-refractivity contribution in [3.8, 4) is 11.5 Å². The van der Waals surface area contributed by atoms with Gasteiger partial charge in [0.2, 0.25) is 0 Å². The summed E-state index contributed by atoms with van der Waals surface area (Å²) in [5.41, 5.74) is 4.06. The third-order valence-corrected chi connectivity index (χ3v) is 6.87. The molecule has 0 radical (unpaired) electrons. The number of alkyl halides is 2. The Morgan fingerprint density at radius 2 is 1.59 bits per heavy atom. The van der Waals surface area contributed by atoms with Crippen LogP contribution in [0.25, 0.3) is 22.6 Å². The third-order valence-electron chi connectivity index (χ3n) is 6.53. The van der Waals surface area contributed by atoms with Gasteiger partial charge in [0.15, 0.2) is 5.82 Å². The largest absolute Gasteiger partial charge is 0.444 e. The van der Waals surface area contributed by atoms with Crippen molar-refractivity contribution in [2.75, 3.05) is 48.2 Å². The maximum absolute atomic E-state index is 13.0. The number of hydrogen-bond acceptors (Lipinski definition) is 6. The summed E-state index contributed by atoms with van der Waals surface area (Å²) in [5, 5.41) is 8.34. The fourth-order valence-electron chi connectivity index (χ4n) is 4.50. The van der Waals surface area contributed by atoms with E-state index in [9.17, 15) is 14.4 Å². The average Bonchev–Trinajstić information content (AvgIpc) is 3.56. The van der Waals surface area contributed by atoms with Crippen molar-refractivity contribution in [1.29, 1.82) is 0 Å². The number of hydrogen-bond donors (Lipinski definition) is 4. The molecule has 2 heterocycles. The van der Waals surface area contributed by atoms with E-state index in [0.717, 1.165) is 11.4 Å². The monoisotopic (exact) mass is 641 g/mol. The fourth-order valence-corrected chi connectivity index (χ4v) is 4.91. The van der Waals surface area contributed by atoms with Gasteiger partial charge in [-0.25, -0.2) is 9.78 Å². The zero-order valence-electron chi connectivity index (χ0n) is 25.2. The highest BCUT2D eigenvalue weighted by atomic mass is 35.5. The first-order valence-electron chi connectivity index (χ1n) is 14.2. The number of nitrogens with zero attached hydrogens (tertiary/aromatic N) is 3. The molecule has 0 atom stereocenters. The molecule has 0 unspecified atom stereocenters. The third kappa shape index (κ3) is 8.67. The number of nitrogens with one attached hydrogen (secondary N) is 4. The maximum atomic E-state index is 13.0. The van der Waals surface area contributed by atoms with Gasteiger partial charge in [0, 0.05) is 68.0 Å². The number of aromatic nitrogens is 3. The van der Waals surface area contributed by atoms with Gasteiger partial charge in [-0.2, -0.15) is 0 Å². The molecule has 0 saturated heterocycles. The Kier molecular flexibility index (Phi) is 10.8. The number of aryl methyl sites for hydroxylation is 1. The van der Waals surface area contributed by atoms with E-state index < -0.39 is 11.7 Å². The summed E-state index contributed by atoms with van der Waals surface area (Å²) in [6.45, 7) is 7.15. The lowest BCUT2D eigenvalue weighted by molar-refractivity contribution is 0.0526. The normalized spacial score (nSPS) is 11.3. The van der Waals surface area contributed by atoms with Crippen molar-refractivity contribution in [3.05, 3.63) is 65.9 Å². The Morgan fingerprint density at radius 1 is 0.932 bits per heavy atom. The number of alkyl carbamates (subject to hydrolysis) is 1. The highest BCUT2D eigenvalue weighted by molar-refractivity contribution is 6.18. The summed E-state index contributed by atoms with van der Waals surface area (Å²) < 4.78 is 7.04. The highest BCUT2D eigenvalue weighted by Crippen LogP contribution is 2.26. The van der Waals surface area contributed by atoms with Gasteiger partial charge < -0.3 is 35.1 Å². The smallest absolute Gasteiger partial charge is 0.407 e. The number of H-pyrrole nitrogens is 1. The molecule has 2 aromatic carbocycles. The van der Waals surface area contributed by atoms with Crippen LogP contribution < -0.4 is 20.9 Å². The number of halogens is 2. The van der Waals surface area contributed by atoms with Crippen molar-refractivity contribution in [2.45, 2.75) is 26.4 Å². The predicted molar refractivity (Wildman–Crippen MR) is 175 cm³/mol. The van der Waals surface area contributed by atoms with E-state index in [1.54, 1.807) is 51.1 Å². The van der Waals surface area contributed by atoms with Crippen LogP contribution in [0.2, 0.25) is 0 Å². The molecule has 0 aliphatic heterocycles. The quantitative estimate of drug-likeness (QED) is 0.122. The van der Waals surface area contributed by atoms with Gasteiger partial charge in [0.25, 0.3) is 11.8 Å². The molecule has 2 aromatic heterocycles. The Morgan fingerprint density at radius 3 is 2.25 bits per heavy atom. The van der Waals surface area contributed by atoms with Gasteiger partial charge >= 0.3 is 6.09 Å². The number of fused-ring (bicyclic) bond motifs is 1. The first-order valence-corrected chi connectivity index (χ1v) is 15.2. The van der Waals surface area contributed by atoms with Crippen LogP contribution in [0.15, 0.2) is 54.7 Å². The van der Waals surface area contributed by atoms with Crippen molar-refractivity contribution < 1.29 is 19.1 Å². The lowest BCUT2D eigenvalue weighted by Gasteiger charge is -2.22. The summed E-state index contributed by atoms with van der Waals surface area (Å²) in [6, 6.07) is 14.3. The Labute approximate surface area is 266 Å². The number of carbonyl (C=O) groups excluding carboxylic acids is 3. The molecule has 4 rings (SSSR count). The summed E-state index contributed by atoms with van der Waals surface area (Å²) in [4.78, 5) is 47.4. The molecule has 0 spiro atoms. The second-order valence-corrected chi connectivity index (χ2v) is 11.8. The standard InChI is InChI=1S/C31H37Cl2N7O4/c1-31(2,3)44-30(43)35-14-13-34-28(41)21-7-10-24-25(17-21)38-27(37-24)26-18-22(19-39(26)4)36-29(42)20-5-8-23(9-6-20)40(15-11-32)16-12-33/h5-10,17-19H,11-16H2,1-4H3,(H,34,41)(H,35,43)(H,36,42)(H,37,38). The van der Waals surface area contributed by atoms with E-state index in [-0.39, 0.29) is 24.9 Å². The van der Waals surface area contributed by atoms with Gasteiger partial charge in [0.1, 0.15) is 5.60 Å². The molecule has 0 aliphatic rings. The van der Waals surface area contributed by atoms with Crippen LogP contribution in [0.5, 0.6) is 0 Å². The fraction of sp³-hybridized carbons (Fsp3) is 0.355. The molecule has 4 N–H and O–H groups in total. The van der Waals surface area contributed by atoms with Gasteiger partial charge in [0.05, 0.1) is 22.4 Å². The number of amides is 3. The lowest BCUT2D eigenvalue weighted by atomic mass is 10.1. The van der Waals surface area contributed by atoms with Crippen molar-refractivity contribution in [1.82, 2.24) is 25.2 Å². The van der Waals surface area contributed by atoms with Crippen molar-refractivity contribution >= 4 is 63.5 Å². The second kappa shape index (κ2) is 14.5. The minimum atomic E-state index is -0.591. The molecule has 0 fully saturated rings. The number of imidazole rings is 1. The van der Waals surface area contributed by atoms with Crippen LogP contribution in [-0.4, -0.2) is 76.0 Å². The van der Waals surface area contributed by atoms with Crippen LogP contribution in [-0.2, 0) is 11.8 Å². The zero-order chi connectivity index (χ0) is 31.9. The predicted octanol–water partition coefficient (Wildman–Crippen LogP) is 5.36. The van der Waals surface area contributed by atoms with Crippen molar-refractivity contribution in [3.63, 3.8) is 0 Å². The van der Waals surface area contributed by atoms with E-state index >= 15 is 0 Å². The Bertz CT molecular complexity index is 1600. The van der Waals surface area contributed by atoms with E-state index in [0.29, 0.717) is 58.5 Å². The first-order chi connectivity index (χ1) is 21.0. The van der Waals surface area contributed by atoms with Gasteiger partial charge in [-0.15, -0.1) is 23.2 Å².